The zero-order valence-corrected chi connectivity index (χ0v) is 19.9. The van der Waals surface area contributed by atoms with Gasteiger partial charge in [0.1, 0.15) is 5.82 Å². The lowest BCUT2D eigenvalue weighted by Gasteiger charge is -2.27. The molecule has 0 saturated heterocycles. The second-order valence-corrected chi connectivity index (χ2v) is 9.83. The van der Waals surface area contributed by atoms with Crippen LogP contribution in [0.1, 0.15) is 84.6 Å². The molecule has 4 rings (SSSR count). The zero-order valence-electron chi connectivity index (χ0n) is 19.9. The maximum Gasteiger partial charge on any atom is 0.349 e. The Kier molecular flexibility index (Phi) is 6.96. The number of anilines is 1. The van der Waals surface area contributed by atoms with E-state index in [1.807, 2.05) is 4.57 Å². The third kappa shape index (κ3) is 5.02. The van der Waals surface area contributed by atoms with E-state index in [0.29, 0.717) is 11.2 Å². The number of carbonyl (C=O) groups is 1. The van der Waals surface area contributed by atoms with Crippen molar-refractivity contribution in [3.8, 4) is 5.75 Å². The van der Waals surface area contributed by atoms with E-state index in [4.69, 9.17) is 9.47 Å². The van der Waals surface area contributed by atoms with Gasteiger partial charge in [-0.15, -0.1) is 0 Å². The molecule has 2 aliphatic carbocycles. The fourth-order valence-corrected chi connectivity index (χ4v) is 5.10. The lowest BCUT2D eigenvalue weighted by Crippen LogP contribution is -2.41. The fraction of sp³-hybridized carbons (Fsp3) is 0.615. The summed E-state index contributed by atoms with van der Waals surface area (Å²) in [6.07, 6.45) is 11.5. The number of fused-ring (bicyclic) bond motifs is 1. The van der Waals surface area contributed by atoms with Gasteiger partial charge >= 0.3 is 5.97 Å². The van der Waals surface area contributed by atoms with Gasteiger partial charge in [0, 0.05) is 12.1 Å². The van der Waals surface area contributed by atoms with E-state index in [1.165, 1.54) is 12.5 Å². The predicted octanol–water partition coefficient (Wildman–Crippen LogP) is 5.72. The molecule has 180 valence electrons. The topological polar surface area (TPSA) is 69.6 Å². The summed E-state index contributed by atoms with van der Waals surface area (Å²) in [6.45, 7) is 5.09. The first-order chi connectivity index (χ1) is 15.8. The largest absolute Gasteiger partial charge is 0.470 e. The van der Waals surface area contributed by atoms with E-state index in [-0.39, 0.29) is 29.8 Å². The van der Waals surface area contributed by atoms with Crippen LogP contribution in [-0.4, -0.2) is 28.8 Å². The monoisotopic (exact) mass is 458 g/mol. The molecule has 2 aliphatic rings. The lowest BCUT2D eigenvalue weighted by molar-refractivity contribution is -0.158. The first-order valence-corrected chi connectivity index (χ1v) is 12.3. The minimum atomic E-state index is -1.34. The van der Waals surface area contributed by atoms with Crippen molar-refractivity contribution in [1.29, 1.82) is 0 Å². The predicted molar refractivity (Wildman–Crippen MR) is 128 cm³/mol. The Morgan fingerprint density at radius 1 is 1.12 bits per heavy atom. The fourth-order valence-electron chi connectivity index (χ4n) is 5.10. The van der Waals surface area contributed by atoms with Crippen LogP contribution in [0.4, 0.5) is 10.1 Å². The zero-order chi connectivity index (χ0) is 23.6. The molecule has 0 atom stereocenters. The van der Waals surface area contributed by atoms with Crippen LogP contribution in [0.5, 0.6) is 5.75 Å². The van der Waals surface area contributed by atoms with E-state index in [1.54, 1.807) is 33.0 Å². The standard InChI is InChI=1S/C26H35FN2O4/c1-4-32-25(31)26(2,3)33-23-16-29(18-12-8-9-13-18)22-15-21(20(27)14-19(22)24(23)30)28-17-10-6-5-7-11-17/h14-18,28H,4-13H2,1-3H3. The molecule has 0 spiro atoms. The van der Waals surface area contributed by atoms with Crippen molar-refractivity contribution in [1.82, 2.24) is 4.57 Å². The van der Waals surface area contributed by atoms with Crippen molar-refractivity contribution in [3.63, 3.8) is 0 Å². The van der Waals surface area contributed by atoms with Crippen LogP contribution in [0.25, 0.3) is 10.9 Å². The summed E-state index contributed by atoms with van der Waals surface area (Å²) >= 11 is 0. The summed E-state index contributed by atoms with van der Waals surface area (Å²) in [6, 6.07) is 3.55. The minimum absolute atomic E-state index is 0.0415. The highest BCUT2D eigenvalue weighted by Crippen LogP contribution is 2.35. The Labute approximate surface area is 194 Å². The van der Waals surface area contributed by atoms with Gasteiger partial charge in [0.2, 0.25) is 5.43 Å². The number of nitrogens with zero attached hydrogens (tertiary/aromatic N) is 1. The van der Waals surface area contributed by atoms with Gasteiger partial charge in [-0.25, -0.2) is 9.18 Å². The molecule has 1 aromatic heterocycles. The van der Waals surface area contributed by atoms with E-state index in [2.05, 4.69) is 5.32 Å². The van der Waals surface area contributed by atoms with Gasteiger partial charge in [-0.05, 0) is 58.6 Å². The number of pyridine rings is 1. The summed E-state index contributed by atoms with van der Waals surface area (Å²) in [7, 11) is 0. The third-order valence-electron chi connectivity index (χ3n) is 6.90. The molecule has 33 heavy (non-hydrogen) atoms. The molecule has 0 unspecified atom stereocenters. The molecule has 1 heterocycles. The van der Waals surface area contributed by atoms with Crippen LogP contribution >= 0.6 is 0 Å². The molecule has 0 aliphatic heterocycles. The Hall–Kier alpha value is -2.57. The van der Waals surface area contributed by atoms with Crippen molar-refractivity contribution < 1.29 is 18.7 Å². The second-order valence-electron chi connectivity index (χ2n) is 9.83. The molecule has 1 N–H and O–H groups in total. The molecule has 0 radical (unpaired) electrons. The van der Waals surface area contributed by atoms with Crippen LogP contribution in [-0.2, 0) is 9.53 Å². The van der Waals surface area contributed by atoms with Crippen molar-refractivity contribution in [2.45, 2.75) is 96.2 Å². The highest BCUT2D eigenvalue weighted by molar-refractivity contribution is 5.85. The van der Waals surface area contributed by atoms with Crippen LogP contribution in [0.3, 0.4) is 0 Å². The molecule has 2 saturated carbocycles. The molecule has 1 aromatic carbocycles. The number of esters is 1. The van der Waals surface area contributed by atoms with Crippen molar-refractivity contribution in [3.05, 3.63) is 34.4 Å². The molecular weight excluding hydrogens is 423 g/mol. The number of nitrogens with one attached hydrogen (secondary N) is 1. The van der Waals surface area contributed by atoms with Crippen LogP contribution in [0.15, 0.2) is 23.1 Å². The summed E-state index contributed by atoms with van der Waals surface area (Å²) in [5.74, 6) is -0.945. The molecule has 0 amide bonds. The van der Waals surface area contributed by atoms with Crippen LogP contribution in [0.2, 0.25) is 0 Å². The summed E-state index contributed by atoms with van der Waals surface area (Å²) in [5, 5.41) is 3.65. The average molecular weight is 459 g/mol. The maximum atomic E-state index is 15.1. The lowest BCUT2D eigenvalue weighted by atomic mass is 9.95. The summed E-state index contributed by atoms with van der Waals surface area (Å²) in [5.41, 5.74) is -0.606. The quantitative estimate of drug-likeness (QED) is 0.537. The number of halogens is 1. The number of aromatic nitrogens is 1. The van der Waals surface area contributed by atoms with Gasteiger partial charge < -0.3 is 19.4 Å². The van der Waals surface area contributed by atoms with Crippen molar-refractivity contribution >= 4 is 22.6 Å². The second kappa shape index (κ2) is 9.74. The minimum Gasteiger partial charge on any atom is -0.470 e. The number of ether oxygens (including phenoxy) is 2. The van der Waals surface area contributed by atoms with E-state index in [0.717, 1.165) is 51.4 Å². The summed E-state index contributed by atoms with van der Waals surface area (Å²) in [4.78, 5) is 25.7. The van der Waals surface area contributed by atoms with Gasteiger partial charge in [0.15, 0.2) is 11.4 Å². The molecule has 2 aromatic rings. The average Bonchev–Trinajstić information content (AvgIpc) is 3.32. The first-order valence-electron chi connectivity index (χ1n) is 12.3. The Balaban J connectivity index is 1.78. The highest BCUT2D eigenvalue weighted by Gasteiger charge is 2.33. The van der Waals surface area contributed by atoms with Gasteiger partial charge in [-0.2, -0.15) is 0 Å². The number of hydrogen-bond acceptors (Lipinski definition) is 5. The SMILES string of the molecule is CCOC(=O)C(C)(C)Oc1cn(C2CCCC2)c2cc(NC3CCCCC3)c(F)cc2c1=O. The Morgan fingerprint density at radius 3 is 2.45 bits per heavy atom. The smallest absolute Gasteiger partial charge is 0.349 e. The van der Waals surface area contributed by atoms with Gasteiger partial charge in [0.05, 0.1) is 29.4 Å². The highest BCUT2D eigenvalue weighted by atomic mass is 19.1. The molecule has 6 nitrogen and oxygen atoms in total. The van der Waals surface area contributed by atoms with Gasteiger partial charge in [-0.1, -0.05) is 32.1 Å². The van der Waals surface area contributed by atoms with E-state index >= 15 is 4.39 Å². The number of benzene rings is 1. The molecule has 7 heteroatoms. The third-order valence-corrected chi connectivity index (χ3v) is 6.90. The molecule has 0 bridgehead atoms. The number of hydrogen-bond donors (Lipinski definition) is 1. The molecular formula is C26H35FN2O4. The van der Waals surface area contributed by atoms with Crippen LogP contribution in [0, 0.1) is 5.82 Å². The van der Waals surface area contributed by atoms with E-state index in [9.17, 15) is 9.59 Å². The van der Waals surface area contributed by atoms with Gasteiger partial charge in [-0.3, -0.25) is 4.79 Å². The Morgan fingerprint density at radius 2 is 1.79 bits per heavy atom. The maximum absolute atomic E-state index is 15.1. The Bertz CT molecular complexity index is 1070. The normalized spacial score (nSPS) is 17.9. The van der Waals surface area contributed by atoms with Crippen LogP contribution < -0.4 is 15.5 Å². The molecule has 2 fully saturated rings. The van der Waals surface area contributed by atoms with E-state index < -0.39 is 22.8 Å². The van der Waals surface area contributed by atoms with Crippen molar-refractivity contribution in [2.75, 3.05) is 11.9 Å². The first kappa shape index (κ1) is 23.6. The summed E-state index contributed by atoms with van der Waals surface area (Å²) < 4.78 is 28.2. The van der Waals surface area contributed by atoms with Crippen molar-refractivity contribution in [2.24, 2.45) is 0 Å². The number of rotatable bonds is 7. The van der Waals surface area contributed by atoms with Gasteiger partial charge in [0.25, 0.3) is 0 Å². The number of carbonyl (C=O) groups excluding carboxylic acids is 1.